The molecular formula is C18H19N3O4S2. The lowest BCUT2D eigenvalue weighted by Gasteiger charge is -2.08. The number of aromatic hydroxyl groups is 1. The molecule has 0 atom stereocenters. The number of sulfonamides is 1. The van der Waals surface area contributed by atoms with Gasteiger partial charge in [-0.3, -0.25) is 4.79 Å². The van der Waals surface area contributed by atoms with Gasteiger partial charge >= 0.3 is 0 Å². The number of Topliss-reactive ketones (excluding diaryl/α,β-unsaturated/α-hetero) is 1. The van der Waals surface area contributed by atoms with Crippen molar-refractivity contribution in [2.24, 2.45) is 5.14 Å². The van der Waals surface area contributed by atoms with Gasteiger partial charge in [-0.1, -0.05) is 23.5 Å². The van der Waals surface area contributed by atoms with Crippen LogP contribution in [-0.4, -0.2) is 24.3 Å². The minimum atomic E-state index is -3.72. The number of nitrogens with two attached hydrogens (primary N) is 1. The van der Waals surface area contributed by atoms with Crippen LogP contribution in [0.1, 0.15) is 34.0 Å². The molecule has 2 aromatic carbocycles. The summed E-state index contributed by atoms with van der Waals surface area (Å²) >= 11 is 1.30. The maximum atomic E-state index is 12.0. The predicted molar refractivity (Wildman–Crippen MR) is 106 cm³/mol. The first-order valence-electron chi connectivity index (χ1n) is 8.08. The average Bonchev–Trinajstić information content (AvgIpc) is 3.01. The maximum absolute atomic E-state index is 12.0. The number of hydrogen-bond acceptors (Lipinski definition) is 7. The zero-order chi connectivity index (χ0) is 19.9. The Morgan fingerprint density at radius 1 is 1.22 bits per heavy atom. The van der Waals surface area contributed by atoms with Gasteiger partial charge in [0, 0.05) is 6.54 Å². The van der Waals surface area contributed by atoms with E-state index in [2.05, 4.69) is 10.3 Å². The Morgan fingerprint density at radius 2 is 1.85 bits per heavy atom. The summed E-state index contributed by atoms with van der Waals surface area (Å²) in [5.74, 6) is -0.212. The number of fused-ring (bicyclic) bond motifs is 1. The summed E-state index contributed by atoms with van der Waals surface area (Å²) in [6, 6.07) is 6.23. The summed E-state index contributed by atoms with van der Waals surface area (Å²) < 4.78 is 23.3. The van der Waals surface area contributed by atoms with Crippen LogP contribution in [0.25, 0.3) is 10.2 Å². The number of nitrogens with one attached hydrogen (secondary N) is 1. The third kappa shape index (κ3) is 3.66. The molecule has 0 unspecified atom stereocenters. The molecule has 0 aliphatic carbocycles. The van der Waals surface area contributed by atoms with E-state index in [0.717, 1.165) is 11.1 Å². The van der Waals surface area contributed by atoms with E-state index in [9.17, 15) is 18.3 Å². The van der Waals surface area contributed by atoms with Gasteiger partial charge in [0.15, 0.2) is 10.9 Å². The van der Waals surface area contributed by atoms with Crippen LogP contribution in [0, 0.1) is 13.8 Å². The van der Waals surface area contributed by atoms with Crippen molar-refractivity contribution in [3.8, 4) is 5.75 Å². The number of anilines is 1. The van der Waals surface area contributed by atoms with Crippen molar-refractivity contribution in [2.45, 2.75) is 32.2 Å². The second-order valence-corrected chi connectivity index (χ2v) is 8.83. The van der Waals surface area contributed by atoms with E-state index in [1.165, 1.54) is 30.4 Å². The van der Waals surface area contributed by atoms with Crippen LogP contribution in [-0.2, 0) is 16.6 Å². The number of aryl methyl sites for hydroxylation is 1. The molecule has 0 fully saturated rings. The first-order valence-corrected chi connectivity index (χ1v) is 10.4. The molecule has 0 amide bonds. The zero-order valence-corrected chi connectivity index (χ0v) is 16.7. The lowest BCUT2D eigenvalue weighted by atomic mass is 10.0. The van der Waals surface area contributed by atoms with Crippen LogP contribution in [0.4, 0.5) is 5.13 Å². The van der Waals surface area contributed by atoms with Gasteiger partial charge in [-0.15, -0.1) is 0 Å². The minimum absolute atomic E-state index is 0.00119. The molecule has 0 radical (unpaired) electrons. The highest BCUT2D eigenvalue weighted by atomic mass is 32.2. The van der Waals surface area contributed by atoms with Gasteiger partial charge in [0.05, 0.1) is 20.7 Å². The largest absolute Gasteiger partial charge is 0.507 e. The minimum Gasteiger partial charge on any atom is -0.507 e. The highest BCUT2D eigenvalue weighted by molar-refractivity contribution is 7.89. The van der Waals surface area contributed by atoms with Gasteiger partial charge in [-0.2, -0.15) is 0 Å². The fraction of sp³-hybridized carbons (Fsp3) is 0.222. The highest BCUT2D eigenvalue weighted by Crippen LogP contribution is 2.39. The zero-order valence-electron chi connectivity index (χ0n) is 15.0. The summed E-state index contributed by atoms with van der Waals surface area (Å²) in [4.78, 5) is 16.6. The van der Waals surface area contributed by atoms with Crippen LogP contribution in [0.5, 0.6) is 5.75 Å². The van der Waals surface area contributed by atoms with Crippen molar-refractivity contribution < 1.29 is 18.3 Å². The molecule has 9 heteroatoms. The van der Waals surface area contributed by atoms with E-state index in [4.69, 9.17) is 5.14 Å². The molecule has 27 heavy (non-hydrogen) atoms. The number of aromatic nitrogens is 1. The maximum Gasteiger partial charge on any atom is 0.238 e. The van der Waals surface area contributed by atoms with Crippen molar-refractivity contribution >= 4 is 42.5 Å². The van der Waals surface area contributed by atoms with Gasteiger partial charge < -0.3 is 10.4 Å². The van der Waals surface area contributed by atoms with Crippen molar-refractivity contribution in [3.63, 3.8) is 0 Å². The molecule has 0 aliphatic rings. The molecule has 0 spiro atoms. The molecule has 0 bridgehead atoms. The molecule has 3 rings (SSSR count). The lowest BCUT2D eigenvalue weighted by Crippen LogP contribution is -2.12. The normalized spacial score (nSPS) is 11.7. The first kappa shape index (κ1) is 19.3. The standard InChI is InChI=1S/C18H19N3O4S2/c1-9-10(2)16(23)14(11(3)22)17-15(9)21-18(26-17)20-8-12-4-6-13(7-5-12)27(19,24)25/h4-7,23H,8H2,1-3H3,(H,20,21)(H2,19,24,25). The first-order chi connectivity index (χ1) is 12.6. The van der Waals surface area contributed by atoms with E-state index in [-0.39, 0.29) is 22.0 Å². The number of carbonyl (C=O) groups excluding carboxylic acids is 1. The number of phenols is 1. The van der Waals surface area contributed by atoms with E-state index >= 15 is 0 Å². The topological polar surface area (TPSA) is 122 Å². The second kappa shape index (κ2) is 6.91. The molecule has 3 aromatic rings. The fourth-order valence-corrected chi connectivity index (χ4v) is 4.40. The molecule has 142 valence electrons. The van der Waals surface area contributed by atoms with Gasteiger partial charge in [0.25, 0.3) is 0 Å². The number of primary sulfonamides is 1. The third-order valence-corrected chi connectivity index (χ3v) is 6.37. The summed E-state index contributed by atoms with van der Waals surface area (Å²) in [5, 5.41) is 19.2. The van der Waals surface area contributed by atoms with Gasteiger partial charge in [-0.25, -0.2) is 18.5 Å². The molecule has 1 aromatic heterocycles. The van der Waals surface area contributed by atoms with Gasteiger partial charge in [0.2, 0.25) is 10.0 Å². The van der Waals surface area contributed by atoms with Crippen molar-refractivity contribution in [2.75, 3.05) is 5.32 Å². The number of ketones is 1. The number of phenolic OH excluding ortho intramolecular Hbond substituents is 1. The summed E-state index contributed by atoms with van der Waals surface area (Å²) in [6.07, 6.45) is 0. The Balaban J connectivity index is 1.91. The van der Waals surface area contributed by atoms with Crippen LogP contribution in [0.3, 0.4) is 0 Å². The Labute approximate surface area is 160 Å². The van der Waals surface area contributed by atoms with E-state index in [0.29, 0.717) is 27.5 Å². The SMILES string of the molecule is CC(=O)c1c(O)c(C)c(C)c2nc(NCc3ccc(S(N)(=O)=O)cc3)sc12. The quantitative estimate of drug-likeness (QED) is 0.561. The predicted octanol–water partition coefficient (Wildman–Crippen LogP) is 3.08. The van der Waals surface area contributed by atoms with Crippen molar-refractivity contribution in [1.29, 1.82) is 0 Å². The number of hydrogen-bond donors (Lipinski definition) is 3. The summed E-state index contributed by atoms with van der Waals surface area (Å²) in [7, 11) is -3.72. The number of thiazole rings is 1. The third-order valence-electron chi connectivity index (χ3n) is 4.41. The van der Waals surface area contributed by atoms with Crippen LogP contribution in [0.2, 0.25) is 0 Å². The van der Waals surface area contributed by atoms with Crippen molar-refractivity contribution in [1.82, 2.24) is 4.98 Å². The number of carbonyl (C=O) groups is 1. The molecule has 0 saturated carbocycles. The molecule has 7 nitrogen and oxygen atoms in total. The number of benzene rings is 2. The second-order valence-electron chi connectivity index (χ2n) is 6.27. The molecular weight excluding hydrogens is 386 g/mol. The molecule has 4 N–H and O–H groups in total. The summed E-state index contributed by atoms with van der Waals surface area (Å²) in [5.41, 5.74) is 3.30. The van der Waals surface area contributed by atoms with Crippen molar-refractivity contribution in [3.05, 3.63) is 46.5 Å². The van der Waals surface area contributed by atoms with E-state index < -0.39 is 10.0 Å². The Morgan fingerprint density at radius 3 is 2.41 bits per heavy atom. The Kier molecular flexibility index (Phi) is 4.94. The van der Waals surface area contributed by atoms with Gasteiger partial charge in [-0.05, 0) is 49.6 Å². The van der Waals surface area contributed by atoms with Crippen LogP contribution >= 0.6 is 11.3 Å². The Hall–Kier alpha value is -2.49. The number of rotatable bonds is 5. The lowest BCUT2D eigenvalue weighted by molar-refractivity contribution is 0.101. The molecule has 0 aliphatic heterocycles. The Bertz CT molecular complexity index is 1150. The van der Waals surface area contributed by atoms with E-state index in [1.54, 1.807) is 19.1 Å². The monoisotopic (exact) mass is 405 g/mol. The summed E-state index contributed by atoms with van der Waals surface area (Å²) in [6.45, 7) is 5.46. The average molecular weight is 406 g/mol. The van der Waals surface area contributed by atoms with Crippen LogP contribution in [0.15, 0.2) is 29.2 Å². The van der Waals surface area contributed by atoms with Crippen LogP contribution < -0.4 is 10.5 Å². The highest BCUT2D eigenvalue weighted by Gasteiger charge is 2.21. The fourth-order valence-electron chi connectivity index (χ4n) is 2.77. The molecule has 1 heterocycles. The number of nitrogens with zero attached hydrogens (tertiary/aromatic N) is 1. The molecule has 0 saturated heterocycles. The van der Waals surface area contributed by atoms with Gasteiger partial charge in [0.1, 0.15) is 5.75 Å². The smallest absolute Gasteiger partial charge is 0.238 e. The van der Waals surface area contributed by atoms with E-state index in [1.807, 2.05) is 6.92 Å².